The third-order valence-electron chi connectivity index (χ3n) is 11.9. The van der Waals surface area contributed by atoms with Crippen molar-refractivity contribution in [3.05, 3.63) is 117 Å². The molecule has 2 aromatic heterocycles. The van der Waals surface area contributed by atoms with E-state index in [-0.39, 0.29) is 51.5 Å². The number of nitrogens with one attached hydrogen (secondary N) is 2. The number of H-pyrrole nitrogens is 1. The van der Waals surface area contributed by atoms with Crippen LogP contribution >= 0.6 is 11.6 Å². The summed E-state index contributed by atoms with van der Waals surface area (Å²) in [5.74, 6) is -0.383. The molecule has 61 heavy (non-hydrogen) atoms. The van der Waals surface area contributed by atoms with Gasteiger partial charge in [-0.15, -0.1) is 0 Å². The lowest BCUT2D eigenvalue weighted by Gasteiger charge is -2.43. The number of piperazine rings is 1. The molecule has 0 spiro atoms. The number of nitro groups is 1. The first kappa shape index (κ1) is 43.8. The number of nitrogens with zero attached hydrogens (tertiary/aromatic N) is 4. The van der Waals surface area contributed by atoms with Crippen LogP contribution in [0.25, 0.3) is 16.6 Å². The van der Waals surface area contributed by atoms with Crippen LogP contribution in [0.2, 0.25) is 5.02 Å². The number of benzene rings is 3. The minimum absolute atomic E-state index is 0.0523. The summed E-state index contributed by atoms with van der Waals surface area (Å²) in [4.78, 5) is 34.2. The van der Waals surface area contributed by atoms with Crippen LogP contribution in [0.4, 0.5) is 17.1 Å². The lowest BCUT2D eigenvalue weighted by atomic mass is 9.72. The molecule has 322 valence electrons. The van der Waals surface area contributed by atoms with Crippen LogP contribution in [0.5, 0.6) is 11.5 Å². The van der Waals surface area contributed by atoms with Crippen molar-refractivity contribution in [3.8, 4) is 11.5 Å². The number of nitrogens with two attached hydrogens (primary N) is 1. The summed E-state index contributed by atoms with van der Waals surface area (Å²) in [6.07, 6.45) is 6.08. The van der Waals surface area contributed by atoms with E-state index in [1.807, 2.05) is 32.0 Å². The van der Waals surface area contributed by atoms with Gasteiger partial charge >= 0.3 is 10.0 Å². The van der Waals surface area contributed by atoms with Crippen molar-refractivity contribution in [2.45, 2.75) is 51.9 Å². The number of pyridine rings is 1. The van der Waals surface area contributed by atoms with Crippen LogP contribution in [-0.4, -0.2) is 87.1 Å². The van der Waals surface area contributed by atoms with Crippen LogP contribution in [0, 0.1) is 20.9 Å². The SMILES string of the molecule is COCC(C)(C)CNc1ccc(S(=O)(=O)[N+]2(c3ccc(C(N)=O)c(Oc4cnc5[nH]ccc5c4)c3)CCN(CC3=C(c4ccc(Cl)cc4)CC(C)(C)CC3)CC2)cc1[N+](=O)[O-]. The number of carbonyl (C=O) groups is 1. The number of rotatable bonds is 15. The van der Waals surface area contributed by atoms with Crippen LogP contribution in [0.1, 0.15) is 62.9 Å². The fourth-order valence-corrected chi connectivity index (χ4v) is 10.5. The number of ether oxygens (including phenoxy) is 2. The first-order valence-corrected chi connectivity index (χ1v) is 22.1. The Morgan fingerprint density at radius 3 is 2.51 bits per heavy atom. The summed E-state index contributed by atoms with van der Waals surface area (Å²) < 4.78 is 41.7. The van der Waals surface area contributed by atoms with Crippen molar-refractivity contribution in [3.63, 3.8) is 0 Å². The smallest absolute Gasteiger partial charge is 0.332 e. The van der Waals surface area contributed by atoms with Crippen molar-refractivity contribution in [2.24, 2.45) is 16.6 Å². The molecule has 3 heterocycles. The third kappa shape index (κ3) is 9.31. The summed E-state index contributed by atoms with van der Waals surface area (Å²) in [6.45, 7) is 10.9. The fourth-order valence-electron chi connectivity index (χ4n) is 8.46. The molecule has 0 bridgehead atoms. The second kappa shape index (κ2) is 17.2. The Labute approximate surface area is 361 Å². The molecule has 1 aliphatic heterocycles. The summed E-state index contributed by atoms with van der Waals surface area (Å²) in [7, 11) is -2.84. The Kier molecular flexibility index (Phi) is 12.3. The number of sulfonamides is 1. The van der Waals surface area contributed by atoms with Gasteiger partial charge in [0.1, 0.15) is 40.8 Å². The quantitative estimate of drug-likeness (QED) is 0.0522. The van der Waals surface area contributed by atoms with Crippen molar-refractivity contribution in [2.75, 3.05) is 58.3 Å². The minimum atomic E-state index is -4.43. The van der Waals surface area contributed by atoms with E-state index in [1.54, 1.807) is 31.5 Å². The van der Waals surface area contributed by atoms with Gasteiger partial charge in [0.15, 0.2) is 5.69 Å². The highest BCUT2D eigenvalue weighted by atomic mass is 35.5. The monoisotopic (exact) mass is 870 g/mol. The normalized spacial score (nSPS) is 17.0. The van der Waals surface area contributed by atoms with E-state index < -0.39 is 24.7 Å². The van der Waals surface area contributed by atoms with Gasteiger partial charge in [-0.05, 0) is 78.3 Å². The zero-order valence-electron chi connectivity index (χ0n) is 35.2. The van der Waals surface area contributed by atoms with Crippen molar-refractivity contribution >= 4 is 61.2 Å². The van der Waals surface area contributed by atoms with Gasteiger partial charge in [-0.2, -0.15) is 12.3 Å². The number of quaternary nitrogens is 1. The van der Waals surface area contributed by atoms with Crippen LogP contribution < -0.4 is 19.7 Å². The highest BCUT2D eigenvalue weighted by Crippen LogP contribution is 2.45. The van der Waals surface area contributed by atoms with Gasteiger partial charge in [0, 0.05) is 73.5 Å². The number of amides is 1. The predicted molar refractivity (Wildman–Crippen MR) is 240 cm³/mol. The number of primary amides is 1. The van der Waals surface area contributed by atoms with Gasteiger partial charge < -0.3 is 25.5 Å². The Morgan fingerprint density at radius 1 is 1.08 bits per heavy atom. The van der Waals surface area contributed by atoms with E-state index in [9.17, 15) is 14.9 Å². The van der Waals surface area contributed by atoms with Crippen LogP contribution in [0.3, 0.4) is 0 Å². The Morgan fingerprint density at radius 2 is 1.82 bits per heavy atom. The Balaban J connectivity index is 1.28. The Bertz CT molecular complexity index is 2600. The lowest BCUT2D eigenvalue weighted by Crippen LogP contribution is -2.63. The molecule has 0 saturated carbocycles. The number of aromatic nitrogens is 2. The van der Waals surface area contributed by atoms with E-state index >= 15 is 8.42 Å². The number of methoxy groups -OCH3 is 1. The zero-order chi connectivity index (χ0) is 43.7. The number of hydrogen-bond acceptors (Lipinski definition) is 10. The second-order valence-corrected chi connectivity index (χ2v) is 20.2. The summed E-state index contributed by atoms with van der Waals surface area (Å²) in [5, 5.41) is 17.1. The largest absolute Gasteiger partial charge is 0.455 e. The average Bonchev–Trinajstić information content (AvgIpc) is 3.69. The molecule has 2 aliphatic rings. The number of anilines is 1. The lowest BCUT2D eigenvalue weighted by molar-refractivity contribution is -0.384. The van der Waals surface area contributed by atoms with Crippen molar-refractivity contribution in [1.82, 2.24) is 18.8 Å². The number of fused-ring (bicyclic) bond motifs is 1. The molecule has 0 unspecified atom stereocenters. The molecule has 0 atom stereocenters. The number of aromatic amines is 1. The molecule has 7 rings (SSSR count). The van der Waals surface area contributed by atoms with E-state index in [4.69, 9.17) is 26.8 Å². The summed E-state index contributed by atoms with van der Waals surface area (Å²) >= 11 is 6.27. The number of nitro benzene ring substituents is 1. The first-order valence-electron chi connectivity index (χ1n) is 20.3. The highest BCUT2D eigenvalue weighted by molar-refractivity contribution is 7.91. The average molecular weight is 871 g/mol. The molecular formula is C45H53ClN7O7S+. The maximum Gasteiger partial charge on any atom is 0.332 e. The minimum Gasteiger partial charge on any atom is -0.455 e. The molecule has 1 aliphatic carbocycles. The molecule has 4 N–H and O–H groups in total. The summed E-state index contributed by atoms with van der Waals surface area (Å²) in [6, 6.07) is 20.1. The van der Waals surface area contributed by atoms with Gasteiger partial charge in [-0.1, -0.05) is 57.0 Å². The molecule has 16 heteroatoms. The molecule has 1 amide bonds. The van der Waals surface area contributed by atoms with E-state index in [2.05, 4.69) is 46.2 Å². The number of hydrogen-bond donors (Lipinski definition) is 3. The molecule has 14 nitrogen and oxygen atoms in total. The molecular weight excluding hydrogens is 818 g/mol. The topological polar surface area (TPSA) is 183 Å². The standard InChI is InChI=1S/C45H52ClN7O7S/c1-44(2)16-14-32(38(25-44)30-6-8-33(46)9-7-30)27-51-18-20-53(21-19-51,61(57,58)36-11-13-39(40(24-36)52(55)56)50-28-45(3,4)29-59-5)34-10-12-37(42(47)54)41(23-34)60-35-22-31-15-17-48-43(31)49-26-35/h6-13,15,17,22-24,26,50H,14,16,18-21,25,27-29H2,1-5H3,(H2-,47,48,49,54)/p+1. The maximum atomic E-state index is 15.4. The summed E-state index contributed by atoms with van der Waals surface area (Å²) in [5.41, 5.74) is 10.2. The second-order valence-electron chi connectivity index (χ2n) is 17.6. The van der Waals surface area contributed by atoms with E-state index in [0.717, 1.165) is 36.3 Å². The number of halogens is 1. The fraction of sp³-hybridized carbons (Fsp3) is 0.378. The number of carbonyl (C=O) groups excluding carboxylic acids is 1. The van der Waals surface area contributed by atoms with Gasteiger partial charge in [0.05, 0.1) is 23.3 Å². The Hall–Kier alpha value is -5.32. The highest BCUT2D eigenvalue weighted by Gasteiger charge is 2.49. The molecule has 3 aromatic carbocycles. The van der Waals surface area contributed by atoms with Crippen LogP contribution in [-0.2, 0) is 14.8 Å². The van der Waals surface area contributed by atoms with Gasteiger partial charge in [-0.3, -0.25) is 19.8 Å². The molecule has 1 saturated heterocycles. The maximum absolute atomic E-state index is 15.4. The molecule has 0 radical (unpaired) electrons. The van der Waals surface area contributed by atoms with Gasteiger partial charge in [-0.25, -0.2) is 4.98 Å². The predicted octanol–water partition coefficient (Wildman–Crippen LogP) is 8.78. The van der Waals surface area contributed by atoms with Crippen molar-refractivity contribution in [1.29, 1.82) is 0 Å². The van der Waals surface area contributed by atoms with Gasteiger partial charge in [0.2, 0.25) is 0 Å². The third-order valence-corrected chi connectivity index (χ3v) is 14.5. The number of allylic oxidation sites excluding steroid dienone is 1. The molecule has 1 fully saturated rings. The van der Waals surface area contributed by atoms with E-state index in [0.29, 0.717) is 54.9 Å². The first-order chi connectivity index (χ1) is 28.9. The molecule has 5 aromatic rings. The van der Waals surface area contributed by atoms with Crippen LogP contribution in [0.15, 0.2) is 95.7 Å². The van der Waals surface area contributed by atoms with Crippen molar-refractivity contribution < 1.29 is 27.6 Å². The zero-order valence-corrected chi connectivity index (χ0v) is 36.7. The van der Waals surface area contributed by atoms with Gasteiger partial charge in [0.25, 0.3) is 11.6 Å². The van der Waals surface area contributed by atoms with E-state index in [1.165, 1.54) is 35.5 Å².